The van der Waals surface area contributed by atoms with Gasteiger partial charge in [0.05, 0.1) is 12.2 Å². The number of pyridine rings is 1. The zero-order valence-electron chi connectivity index (χ0n) is 15.8. The van der Waals surface area contributed by atoms with Gasteiger partial charge in [0.15, 0.2) is 5.82 Å². The van der Waals surface area contributed by atoms with Crippen molar-refractivity contribution in [2.45, 2.75) is 11.8 Å². The minimum absolute atomic E-state index is 0.0361. The molecule has 29 heavy (non-hydrogen) atoms. The monoisotopic (exact) mass is 398 g/mol. The van der Waals surface area contributed by atoms with Crippen LogP contribution in [0.15, 0.2) is 66.7 Å². The van der Waals surface area contributed by atoms with E-state index in [9.17, 15) is 8.78 Å². The Hall–Kier alpha value is -3.23. The van der Waals surface area contributed by atoms with Crippen molar-refractivity contribution in [3.63, 3.8) is 0 Å². The van der Waals surface area contributed by atoms with Crippen LogP contribution in [0, 0.1) is 0 Å². The van der Waals surface area contributed by atoms with Crippen molar-refractivity contribution in [1.29, 1.82) is 0 Å². The van der Waals surface area contributed by atoms with Crippen molar-refractivity contribution in [1.82, 2.24) is 10.3 Å². The molecule has 0 aliphatic rings. The zero-order chi connectivity index (χ0) is 20.9. The van der Waals surface area contributed by atoms with E-state index in [-0.39, 0.29) is 29.7 Å². The number of anilines is 3. The molecule has 0 fully saturated rings. The van der Waals surface area contributed by atoms with Crippen LogP contribution in [0.4, 0.5) is 26.1 Å². The summed E-state index contributed by atoms with van der Waals surface area (Å²) >= 11 is 0. The van der Waals surface area contributed by atoms with E-state index in [4.69, 9.17) is 17.3 Å². The molecule has 1 aromatic heterocycles. The number of alkyl halides is 2. The third kappa shape index (κ3) is 4.79. The topological polar surface area (TPSA) is 115 Å². The van der Waals surface area contributed by atoms with E-state index >= 15 is 0 Å². The van der Waals surface area contributed by atoms with Gasteiger partial charge in [0.1, 0.15) is 5.82 Å². The van der Waals surface area contributed by atoms with Gasteiger partial charge in [-0.05, 0) is 17.2 Å². The number of nitrogen functional groups attached to an aromatic ring is 3. The summed E-state index contributed by atoms with van der Waals surface area (Å²) in [5, 5.41) is 2.89. The Morgan fingerprint density at radius 2 is 1.59 bits per heavy atom. The molecule has 0 bridgehead atoms. The minimum atomic E-state index is -3.00. The Morgan fingerprint density at radius 1 is 0.966 bits per heavy atom. The second-order valence-corrected chi connectivity index (χ2v) is 6.71. The third-order valence-electron chi connectivity index (χ3n) is 4.72. The van der Waals surface area contributed by atoms with Gasteiger partial charge < -0.3 is 22.2 Å². The lowest BCUT2D eigenvalue weighted by Gasteiger charge is -2.24. The van der Waals surface area contributed by atoms with Gasteiger partial charge in [-0.2, -0.15) is 8.78 Å². The highest BCUT2D eigenvalue weighted by Crippen LogP contribution is 2.34. The maximum Gasteiger partial charge on any atom is 0.285 e. The number of nitrogens with zero attached hydrogens (tertiary/aromatic N) is 1. The van der Waals surface area contributed by atoms with Crippen molar-refractivity contribution in [2.75, 3.05) is 30.0 Å². The molecule has 8 N–H and O–H groups in total. The van der Waals surface area contributed by atoms with Crippen molar-refractivity contribution in [3.05, 3.63) is 83.4 Å². The van der Waals surface area contributed by atoms with Crippen LogP contribution >= 0.6 is 0 Å². The number of benzene rings is 2. The Labute approximate surface area is 168 Å². The van der Waals surface area contributed by atoms with E-state index in [1.807, 2.05) is 30.3 Å². The predicted molar refractivity (Wildman–Crippen MR) is 112 cm³/mol. The molecule has 0 amide bonds. The van der Waals surface area contributed by atoms with Gasteiger partial charge in [-0.1, -0.05) is 60.7 Å². The molecule has 1 unspecified atom stereocenters. The van der Waals surface area contributed by atoms with Crippen molar-refractivity contribution >= 4 is 17.3 Å². The smallest absolute Gasteiger partial charge is 0.285 e. The van der Waals surface area contributed by atoms with Gasteiger partial charge in [0.25, 0.3) is 5.92 Å². The van der Waals surface area contributed by atoms with Crippen LogP contribution in [0.2, 0.25) is 0 Å². The average Bonchev–Trinajstić information content (AvgIpc) is 2.74. The maximum atomic E-state index is 14.5. The van der Waals surface area contributed by atoms with Gasteiger partial charge in [0.2, 0.25) is 0 Å². The lowest BCUT2D eigenvalue weighted by atomic mass is 9.90. The van der Waals surface area contributed by atoms with Gasteiger partial charge in [-0.15, -0.1) is 0 Å². The fourth-order valence-corrected chi connectivity index (χ4v) is 3.24. The number of hydrogen-bond acceptors (Lipinski definition) is 6. The number of halogens is 2. The molecule has 3 aromatic rings. The summed E-state index contributed by atoms with van der Waals surface area (Å²) in [5.74, 6) is 2.64. The molecule has 152 valence electrons. The Kier molecular flexibility index (Phi) is 6.26. The molecular formula is C21H24F2N6. The summed E-state index contributed by atoms with van der Waals surface area (Å²) in [6.07, 6.45) is 0. The van der Waals surface area contributed by atoms with Gasteiger partial charge >= 0.3 is 0 Å². The minimum Gasteiger partial charge on any atom is -0.395 e. The molecule has 0 aliphatic carbocycles. The van der Waals surface area contributed by atoms with Crippen LogP contribution < -0.4 is 28.1 Å². The van der Waals surface area contributed by atoms with Crippen LogP contribution in [0.1, 0.15) is 22.6 Å². The normalized spacial score (nSPS) is 12.5. The molecule has 1 heterocycles. The van der Waals surface area contributed by atoms with Crippen molar-refractivity contribution in [2.24, 2.45) is 5.84 Å². The van der Waals surface area contributed by atoms with Gasteiger partial charge in [0, 0.05) is 18.0 Å². The van der Waals surface area contributed by atoms with E-state index in [0.29, 0.717) is 11.3 Å². The number of hydrogen-bond donors (Lipinski definition) is 5. The summed E-state index contributed by atoms with van der Waals surface area (Å²) in [5.41, 5.74) is 16.4. The summed E-state index contributed by atoms with van der Waals surface area (Å²) < 4.78 is 29.1. The Bertz CT molecular complexity index is 935. The molecular weight excluding hydrogens is 374 g/mol. The van der Waals surface area contributed by atoms with Crippen LogP contribution in [0.3, 0.4) is 0 Å². The van der Waals surface area contributed by atoms with Crippen LogP contribution in [0.5, 0.6) is 0 Å². The third-order valence-corrected chi connectivity index (χ3v) is 4.72. The summed E-state index contributed by atoms with van der Waals surface area (Å²) in [6.45, 7) is -0.285. The fourth-order valence-electron chi connectivity index (χ4n) is 3.24. The first-order valence-electron chi connectivity index (χ1n) is 9.14. The van der Waals surface area contributed by atoms with Gasteiger partial charge in [-0.3, -0.25) is 0 Å². The highest BCUT2D eigenvalue weighted by Gasteiger charge is 2.31. The molecule has 0 spiro atoms. The lowest BCUT2D eigenvalue weighted by molar-refractivity contribution is -0.00309. The molecule has 0 aliphatic heterocycles. The Morgan fingerprint density at radius 3 is 2.21 bits per heavy atom. The molecule has 0 saturated heterocycles. The number of aromatic nitrogens is 1. The number of nitrogens with one attached hydrogen (secondary N) is 2. The SMILES string of the molecule is NNc1nc(N)cc(C(CNCC(F)(F)c2ccccc2)c2ccccc2)c1N. The summed E-state index contributed by atoms with van der Waals surface area (Å²) in [7, 11) is 0. The van der Waals surface area contributed by atoms with Crippen molar-refractivity contribution in [3.8, 4) is 0 Å². The fraction of sp³-hybridized carbons (Fsp3) is 0.190. The first-order chi connectivity index (χ1) is 13.9. The van der Waals surface area contributed by atoms with E-state index in [1.165, 1.54) is 12.1 Å². The molecule has 1 atom stereocenters. The van der Waals surface area contributed by atoms with E-state index < -0.39 is 12.5 Å². The predicted octanol–water partition coefficient (Wildman–Crippen LogP) is 3.05. The first kappa shape index (κ1) is 20.5. The van der Waals surface area contributed by atoms with E-state index in [2.05, 4.69) is 15.7 Å². The number of nitrogens with two attached hydrogens (primary N) is 3. The maximum absolute atomic E-state index is 14.5. The van der Waals surface area contributed by atoms with Crippen LogP contribution in [-0.2, 0) is 5.92 Å². The number of rotatable bonds is 8. The van der Waals surface area contributed by atoms with E-state index in [0.717, 1.165) is 5.56 Å². The van der Waals surface area contributed by atoms with Crippen LogP contribution in [0.25, 0.3) is 0 Å². The van der Waals surface area contributed by atoms with E-state index in [1.54, 1.807) is 24.3 Å². The molecule has 3 rings (SSSR count). The second-order valence-electron chi connectivity index (χ2n) is 6.71. The second kappa shape index (κ2) is 8.85. The molecule has 6 nitrogen and oxygen atoms in total. The molecule has 0 radical (unpaired) electrons. The summed E-state index contributed by atoms with van der Waals surface area (Å²) in [6, 6.07) is 18.8. The highest BCUT2D eigenvalue weighted by atomic mass is 19.3. The summed E-state index contributed by atoms with van der Waals surface area (Å²) in [4.78, 5) is 4.06. The number of hydrazine groups is 1. The molecule has 2 aromatic carbocycles. The average molecular weight is 398 g/mol. The molecule has 0 saturated carbocycles. The molecule has 8 heteroatoms. The standard InChI is InChI=1S/C21H24F2N6/c22-21(23,15-9-5-2-6-10-15)13-27-12-17(14-7-3-1-4-8-14)16-11-18(24)28-20(29-26)19(16)25/h1-11,17,27H,12-13,25-26H2,(H3,24,28,29). The van der Waals surface area contributed by atoms with Crippen molar-refractivity contribution < 1.29 is 8.78 Å². The lowest BCUT2D eigenvalue weighted by Crippen LogP contribution is -2.34. The first-order valence-corrected chi connectivity index (χ1v) is 9.14. The quantitative estimate of drug-likeness (QED) is 0.294. The highest BCUT2D eigenvalue weighted by molar-refractivity contribution is 5.70. The zero-order valence-corrected chi connectivity index (χ0v) is 15.8. The largest absolute Gasteiger partial charge is 0.395 e. The van der Waals surface area contributed by atoms with Gasteiger partial charge in [-0.25, -0.2) is 10.8 Å². The Balaban J connectivity index is 1.86. The van der Waals surface area contributed by atoms with Crippen LogP contribution in [-0.4, -0.2) is 18.1 Å².